The number of carbonyl (C=O) groups excluding carboxylic acids is 1. The molecule has 3 saturated carbocycles. The average molecular weight is 580 g/mol. The molecule has 4 aliphatic rings. The third-order valence-electron chi connectivity index (χ3n) is 11.9. The van der Waals surface area contributed by atoms with Crippen molar-refractivity contribution >= 4 is 16.0 Å². The Hall–Kier alpha value is -0.920. The van der Waals surface area contributed by atoms with Gasteiger partial charge in [-0.3, -0.25) is 9.35 Å². The SMILES string of the molecule is CC(C)CCC[C@H](C)[C@H]1CC[C@@H]2[C@H]3CC=C4C[C@H](C(=O)NCCOCCCS(=O)(=O)O)CC[C@@]4(C)[C@@H]3CC[C@]21C. The summed E-state index contributed by atoms with van der Waals surface area (Å²) in [5.41, 5.74) is 2.30. The van der Waals surface area contributed by atoms with E-state index in [-0.39, 0.29) is 36.0 Å². The van der Waals surface area contributed by atoms with Gasteiger partial charge in [0, 0.05) is 19.1 Å². The van der Waals surface area contributed by atoms with Crippen molar-refractivity contribution in [2.75, 3.05) is 25.5 Å². The monoisotopic (exact) mass is 579 g/mol. The van der Waals surface area contributed by atoms with E-state index >= 15 is 0 Å². The minimum atomic E-state index is -3.94. The molecular weight excluding hydrogens is 522 g/mol. The zero-order chi connectivity index (χ0) is 29.1. The molecule has 4 rings (SSSR count). The molecule has 0 heterocycles. The van der Waals surface area contributed by atoms with Crippen molar-refractivity contribution in [2.24, 2.45) is 52.3 Å². The normalized spacial score (nSPS) is 36.4. The molecule has 6 nitrogen and oxygen atoms in total. The van der Waals surface area contributed by atoms with Gasteiger partial charge in [0.05, 0.1) is 12.4 Å². The molecule has 0 aromatic carbocycles. The lowest BCUT2D eigenvalue weighted by atomic mass is 9.46. The van der Waals surface area contributed by atoms with Crippen molar-refractivity contribution in [3.05, 3.63) is 11.6 Å². The summed E-state index contributed by atoms with van der Waals surface area (Å²) >= 11 is 0. The molecule has 230 valence electrons. The van der Waals surface area contributed by atoms with Crippen LogP contribution in [0.3, 0.4) is 0 Å². The molecule has 0 radical (unpaired) electrons. The van der Waals surface area contributed by atoms with Gasteiger partial charge in [0.1, 0.15) is 0 Å². The number of rotatable bonds is 13. The van der Waals surface area contributed by atoms with Crippen molar-refractivity contribution < 1.29 is 22.5 Å². The lowest BCUT2D eigenvalue weighted by Gasteiger charge is -2.58. The number of fused-ring (bicyclic) bond motifs is 5. The van der Waals surface area contributed by atoms with E-state index in [1.54, 1.807) is 5.57 Å². The van der Waals surface area contributed by atoms with Gasteiger partial charge < -0.3 is 10.1 Å². The second-order valence-electron chi connectivity index (χ2n) is 14.8. The predicted octanol–water partition coefficient (Wildman–Crippen LogP) is 7.05. The molecule has 40 heavy (non-hydrogen) atoms. The largest absolute Gasteiger partial charge is 0.380 e. The molecule has 8 atom stereocenters. The smallest absolute Gasteiger partial charge is 0.264 e. The predicted molar refractivity (Wildman–Crippen MR) is 161 cm³/mol. The molecular formula is C33H57NO5S. The lowest BCUT2D eigenvalue weighted by molar-refractivity contribution is -0.127. The molecule has 0 unspecified atom stereocenters. The first-order valence-corrected chi connectivity index (χ1v) is 18.0. The number of amides is 1. The van der Waals surface area contributed by atoms with E-state index < -0.39 is 10.1 Å². The van der Waals surface area contributed by atoms with Crippen LogP contribution < -0.4 is 5.32 Å². The first-order valence-electron chi connectivity index (χ1n) is 16.3. The van der Waals surface area contributed by atoms with Gasteiger partial charge in [-0.1, -0.05) is 65.5 Å². The van der Waals surface area contributed by atoms with Gasteiger partial charge in [0.25, 0.3) is 10.1 Å². The van der Waals surface area contributed by atoms with Crippen molar-refractivity contribution in [1.29, 1.82) is 0 Å². The van der Waals surface area contributed by atoms with Crippen LogP contribution in [-0.2, 0) is 19.6 Å². The Morgan fingerprint density at radius 2 is 1.82 bits per heavy atom. The van der Waals surface area contributed by atoms with Crippen LogP contribution in [0.25, 0.3) is 0 Å². The van der Waals surface area contributed by atoms with Crippen LogP contribution in [0.1, 0.15) is 112 Å². The molecule has 3 fully saturated rings. The fraction of sp³-hybridized carbons (Fsp3) is 0.909. The van der Waals surface area contributed by atoms with Crippen LogP contribution in [0, 0.1) is 52.3 Å². The summed E-state index contributed by atoms with van der Waals surface area (Å²) in [6.45, 7) is 13.5. The molecule has 0 spiro atoms. The maximum absolute atomic E-state index is 13.0. The number of hydrogen-bond donors (Lipinski definition) is 2. The Labute approximate surface area is 244 Å². The fourth-order valence-corrected chi connectivity index (χ4v) is 10.2. The quantitative estimate of drug-likeness (QED) is 0.138. The standard InChI is InChI=1S/C33H57NO5S/c1-23(2)8-6-9-24(3)28-12-13-29-27-11-10-26-22-25(14-16-32(26,4)30(27)15-17-33(28,29)5)31(35)34-18-20-39-19-7-21-40(36,37)38/h10,23-25,27-30H,6-9,11-22H2,1-5H3,(H,34,35)(H,36,37,38)/t24-,25+,27+,28+,29+,30+,32+,33-/m0/s1. The van der Waals surface area contributed by atoms with Crippen molar-refractivity contribution in [2.45, 2.75) is 112 Å². The second kappa shape index (κ2) is 13.2. The van der Waals surface area contributed by atoms with Crippen LogP contribution >= 0.6 is 0 Å². The molecule has 2 N–H and O–H groups in total. The zero-order valence-corrected chi connectivity index (χ0v) is 26.7. The molecule has 0 aliphatic heterocycles. The summed E-state index contributed by atoms with van der Waals surface area (Å²) in [5.74, 6) is 4.82. The van der Waals surface area contributed by atoms with Gasteiger partial charge in [-0.05, 0) is 104 Å². The third kappa shape index (κ3) is 7.16. The van der Waals surface area contributed by atoms with E-state index in [1.165, 1.54) is 51.4 Å². The van der Waals surface area contributed by atoms with Gasteiger partial charge in [-0.25, -0.2) is 0 Å². The van der Waals surface area contributed by atoms with Crippen LogP contribution in [0.5, 0.6) is 0 Å². The molecule has 7 heteroatoms. The third-order valence-corrected chi connectivity index (χ3v) is 12.7. The molecule has 0 bridgehead atoms. The highest BCUT2D eigenvalue weighted by molar-refractivity contribution is 7.85. The van der Waals surface area contributed by atoms with Gasteiger partial charge in [-0.2, -0.15) is 8.42 Å². The molecule has 0 aromatic rings. The maximum atomic E-state index is 13.0. The van der Waals surface area contributed by atoms with Crippen molar-refractivity contribution in [3.63, 3.8) is 0 Å². The summed E-state index contributed by atoms with van der Waals surface area (Å²) < 4.78 is 35.7. The van der Waals surface area contributed by atoms with E-state index in [0.29, 0.717) is 18.6 Å². The highest BCUT2D eigenvalue weighted by Gasteiger charge is 2.59. The minimum absolute atomic E-state index is 0.0341. The Morgan fingerprint density at radius 1 is 1.05 bits per heavy atom. The molecule has 1 amide bonds. The van der Waals surface area contributed by atoms with Crippen molar-refractivity contribution in [3.8, 4) is 0 Å². The van der Waals surface area contributed by atoms with Crippen LogP contribution in [0.2, 0.25) is 0 Å². The van der Waals surface area contributed by atoms with Crippen molar-refractivity contribution in [1.82, 2.24) is 5.32 Å². The molecule has 0 saturated heterocycles. The Kier molecular flexibility index (Phi) is 10.5. The first kappa shape index (κ1) is 32.0. The average Bonchev–Trinajstić information content (AvgIpc) is 3.24. The van der Waals surface area contributed by atoms with E-state index in [2.05, 4.69) is 46.0 Å². The molecule has 4 aliphatic carbocycles. The van der Waals surface area contributed by atoms with E-state index in [0.717, 1.165) is 54.8 Å². The number of ether oxygens (including phenoxy) is 1. The summed E-state index contributed by atoms with van der Waals surface area (Å²) in [7, 11) is -3.94. The maximum Gasteiger partial charge on any atom is 0.264 e. The topological polar surface area (TPSA) is 92.7 Å². The van der Waals surface area contributed by atoms with E-state index in [9.17, 15) is 13.2 Å². The van der Waals surface area contributed by atoms with Gasteiger partial charge in [0.2, 0.25) is 5.91 Å². The molecule has 0 aromatic heterocycles. The fourth-order valence-electron chi connectivity index (χ4n) is 9.75. The lowest BCUT2D eigenvalue weighted by Crippen LogP contribution is -2.51. The van der Waals surface area contributed by atoms with Gasteiger partial charge in [0.15, 0.2) is 0 Å². The highest BCUT2D eigenvalue weighted by atomic mass is 32.2. The number of hydrogen-bond acceptors (Lipinski definition) is 4. The minimum Gasteiger partial charge on any atom is -0.380 e. The zero-order valence-electron chi connectivity index (χ0n) is 25.9. The highest BCUT2D eigenvalue weighted by Crippen LogP contribution is 2.67. The second-order valence-corrected chi connectivity index (χ2v) is 16.3. The van der Waals surface area contributed by atoms with Gasteiger partial charge >= 0.3 is 0 Å². The van der Waals surface area contributed by atoms with E-state index in [1.807, 2.05) is 0 Å². The number of nitrogens with one attached hydrogen (secondary N) is 1. The van der Waals surface area contributed by atoms with Gasteiger partial charge in [-0.15, -0.1) is 0 Å². The van der Waals surface area contributed by atoms with Crippen LogP contribution in [-0.4, -0.2) is 44.4 Å². The Balaban J connectivity index is 1.29. The number of allylic oxidation sites excluding steroid dienone is 2. The summed E-state index contributed by atoms with van der Waals surface area (Å²) in [6.07, 6.45) is 16.7. The Morgan fingerprint density at radius 3 is 2.55 bits per heavy atom. The first-order chi connectivity index (χ1) is 18.8. The Bertz CT molecular complexity index is 1010. The van der Waals surface area contributed by atoms with E-state index in [4.69, 9.17) is 9.29 Å². The number of carbonyl (C=O) groups is 1. The summed E-state index contributed by atoms with van der Waals surface area (Å²) in [6, 6.07) is 0. The summed E-state index contributed by atoms with van der Waals surface area (Å²) in [4.78, 5) is 13.0. The summed E-state index contributed by atoms with van der Waals surface area (Å²) in [5, 5.41) is 3.04. The van der Waals surface area contributed by atoms with Crippen LogP contribution in [0.4, 0.5) is 0 Å². The van der Waals surface area contributed by atoms with Crippen LogP contribution in [0.15, 0.2) is 11.6 Å².